The fourth-order valence-corrected chi connectivity index (χ4v) is 4.94. The molecule has 1 saturated heterocycles. The Morgan fingerprint density at radius 1 is 1.06 bits per heavy atom. The molecule has 8 nitrogen and oxygen atoms in total. The number of amides is 3. The Hall–Kier alpha value is -3.17. The number of anilines is 1. The number of allylic oxidation sites excluding steroid dienone is 1. The van der Waals surface area contributed by atoms with Crippen molar-refractivity contribution >= 4 is 39.3 Å². The molecule has 1 unspecified atom stereocenters. The fourth-order valence-electron chi connectivity index (χ4n) is 4.67. The highest BCUT2D eigenvalue weighted by Gasteiger charge is 2.41. The number of fused-ring (bicyclic) bond motifs is 1. The number of rotatable bonds is 3. The minimum atomic E-state index is -0.654. The Labute approximate surface area is 219 Å². The molecule has 0 aromatic heterocycles. The number of hydrogen-bond donors (Lipinski definition) is 3. The highest BCUT2D eigenvalue weighted by atomic mass is 79.9. The minimum Gasteiger partial charge on any atom is -0.489 e. The van der Waals surface area contributed by atoms with E-state index in [0.717, 1.165) is 29.5 Å². The van der Waals surface area contributed by atoms with E-state index < -0.39 is 5.41 Å². The van der Waals surface area contributed by atoms with E-state index in [1.165, 1.54) is 0 Å². The number of nitrogens with one attached hydrogen (secondary N) is 3. The number of nitrogens with zero attached hydrogens (tertiary/aromatic N) is 1. The maximum Gasteiger partial charge on any atom is 0.255 e. The molecular formula is C27H31BrN4O4. The zero-order valence-corrected chi connectivity index (χ0v) is 21.7. The van der Waals surface area contributed by atoms with Gasteiger partial charge in [-0.3, -0.25) is 19.3 Å². The number of para-hydroxylation sites is 1. The van der Waals surface area contributed by atoms with E-state index >= 15 is 0 Å². The van der Waals surface area contributed by atoms with Gasteiger partial charge < -0.3 is 20.7 Å². The van der Waals surface area contributed by atoms with Gasteiger partial charge >= 0.3 is 0 Å². The average Bonchev–Trinajstić information content (AvgIpc) is 2.87. The second-order valence-electron chi connectivity index (χ2n) is 9.14. The van der Waals surface area contributed by atoms with Gasteiger partial charge in [0.1, 0.15) is 12.4 Å². The first-order chi connectivity index (χ1) is 17.4. The van der Waals surface area contributed by atoms with Gasteiger partial charge in [0.2, 0.25) is 11.8 Å². The Kier molecular flexibility index (Phi) is 8.77. The van der Waals surface area contributed by atoms with Gasteiger partial charge in [-0.1, -0.05) is 40.2 Å². The summed E-state index contributed by atoms with van der Waals surface area (Å²) < 4.78 is 6.77. The van der Waals surface area contributed by atoms with Crippen LogP contribution in [0.4, 0.5) is 5.69 Å². The van der Waals surface area contributed by atoms with Crippen LogP contribution in [0.1, 0.15) is 29.6 Å². The normalized spacial score (nSPS) is 22.4. The van der Waals surface area contributed by atoms with Crippen LogP contribution in [0.25, 0.3) is 0 Å². The van der Waals surface area contributed by atoms with Gasteiger partial charge in [-0.15, -0.1) is 0 Å². The van der Waals surface area contributed by atoms with E-state index in [9.17, 15) is 14.4 Å². The van der Waals surface area contributed by atoms with Crippen molar-refractivity contribution < 1.29 is 19.1 Å². The number of halogens is 1. The topological polar surface area (TPSA) is 99.8 Å². The number of likely N-dealkylation sites (tertiary alicyclic amines) is 1. The molecule has 1 spiro atoms. The van der Waals surface area contributed by atoms with E-state index in [0.29, 0.717) is 44.0 Å². The van der Waals surface area contributed by atoms with E-state index in [1.54, 1.807) is 18.2 Å². The lowest BCUT2D eigenvalue weighted by Crippen LogP contribution is -2.53. The Bertz CT molecular complexity index is 1120. The third kappa shape index (κ3) is 6.73. The maximum atomic E-state index is 13.4. The summed E-state index contributed by atoms with van der Waals surface area (Å²) in [5.74, 6) is 0.117. The molecule has 2 aromatic rings. The molecule has 3 N–H and O–H groups in total. The molecule has 0 saturated carbocycles. The smallest absolute Gasteiger partial charge is 0.255 e. The van der Waals surface area contributed by atoms with Gasteiger partial charge in [0.15, 0.2) is 0 Å². The molecule has 0 aliphatic carbocycles. The van der Waals surface area contributed by atoms with Crippen molar-refractivity contribution in [1.29, 1.82) is 0 Å². The molecule has 0 bridgehead atoms. The third-order valence-electron chi connectivity index (χ3n) is 6.47. The van der Waals surface area contributed by atoms with Crippen LogP contribution < -0.4 is 20.7 Å². The van der Waals surface area contributed by atoms with Gasteiger partial charge in [0.25, 0.3) is 5.91 Å². The fraction of sp³-hybridized carbons (Fsp3) is 0.370. The SMILES string of the molecule is O=C(CN1CCCC2(C/C=C\COc3ccccc3C(=O)NCCNC2=O)C1)Nc1ccc(Br)cc1. The third-order valence-corrected chi connectivity index (χ3v) is 7.00. The quantitative estimate of drug-likeness (QED) is 0.505. The van der Waals surface area contributed by atoms with Crippen LogP contribution in [0.2, 0.25) is 0 Å². The Morgan fingerprint density at radius 2 is 1.83 bits per heavy atom. The van der Waals surface area contributed by atoms with E-state index in [4.69, 9.17) is 4.74 Å². The summed E-state index contributed by atoms with van der Waals surface area (Å²) in [6, 6.07) is 14.6. The zero-order valence-electron chi connectivity index (χ0n) is 20.1. The lowest BCUT2D eigenvalue weighted by molar-refractivity contribution is -0.135. The largest absolute Gasteiger partial charge is 0.489 e. The average molecular weight is 555 g/mol. The number of hydrogen-bond acceptors (Lipinski definition) is 5. The molecule has 3 amide bonds. The summed E-state index contributed by atoms with van der Waals surface area (Å²) in [4.78, 5) is 40.7. The molecule has 4 rings (SSSR count). The first-order valence-corrected chi connectivity index (χ1v) is 13.0. The highest BCUT2D eigenvalue weighted by molar-refractivity contribution is 9.10. The summed E-state index contributed by atoms with van der Waals surface area (Å²) >= 11 is 3.39. The molecule has 2 aliphatic heterocycles. The second kappa shape index (κ2) is 12.2. The summed E-state index contributed by atoms with van der Waals surface area (Å²) in [7, 11) is 0. The summed E-state index contributed by atoms with van der Waals surface area (Å²) in [6.07, 6.45) is 5.94. The van der Waals surface area contributed by atoms with Crippen LogP contribution in [0.3, 0.4) is 0 Å². The van der Waals surface area contributed by atoms with Crippen LogP contribution in [0.5, 0.6) is 5.75 Å². The lowest BCUT2D eigenvalue weighted by atomic mass is 9.76. The molecule has 1 atom stereocenters. The Balaban J connectivity index is 1.43. The molecule has 36 heavy (non-hydrogen) atoms. The Morgan fingerprint density at radius 3 is 2.67 bits per heavy atom. The minimum absolute atomic E-state index is 0.0576. The van der Waals surface area contributed by atoms with Crippen molar-refractivity contribution in [2.24, 2.45) is 5.41 Å². The highest BCUT2D eigenvalue weighted by Crippen LogP contribution is 2.34. The van der Waals surface area contributed by atoms with Crippen molar-refractivity contribution in [3.8, 4) is 5.75 Å². The first-order valence-electron chi connectivity index (χ1n) is 12.2. The van der Waals surface area contributed by atoms with E-state index in [1.807, 2.05) is 47.4 Å². The van der Waals surface area contributed by atoms with Crippen LogP contribution in [0, 0.1) is 5.41 Å². The predicted molar refractivity (Wildman–Crippen MR) is 142 cm³/mol. The molecule has 9 heteroatoms. The van der Waals surface area contributed by atoms with E-state index in [-0.39, 0.29) is 24.3 Å². The zero-order chi connectivity index (χ0) is 25.4. The first kappa shape index (κ1) is 25.9. The van der Waals surface area contributed by atoms with Crippen molar-refractivity contribution in [2.75, 3.05) is 44.6 Å². The number of piperidine rings is 1. The van der Waals surface area contributed by atoms with Crippen LogP contribution in [-0.4, -0.2) is 62.0 Å². The molecule has 0 radical (unpaired) electrons. The predicted octanol–water partition coefficient (Wildman–Crippen LogP) is 3.35. The van der Waals surface area contributed by atoms with Crippen LogP contribution in [0.15, 0.2) is 65.2 Å². The molecular weight excluding hydrogens is 524 g/mol. The van der Waals surface area contributed by atoms with Crippen molar-refractivity contribution in [2.45, 2.75) is 19.3 Å². The van der Waals surface area contributed by atoms with Gasteiger partial charge in [-0.25, -0.2) is 0 Å². The van der Waals surface area contributed by atoms with Gasteiger partial charge in [0.05, 0.1) is 17.5 Å². The van der Waals surface area contributed by atoms with Crippen LogP contribution >= 0.6 is 15.9 Å². The second-order valence-corrected chi connectivity index (χ2v) is 10.1. The van der Waals surface area contributed by atoms with E-state index in [2.05, 4.69) is 31.9 Å². The van der Waals surface area contributed by atoms with Crippen molar-refractivity contribution in [1.82, 2.24) is 15.5 Å². The maximum absolute atomic E-state index is 13.4. The summed E-state index contributed by atoms with van der Waals surface area (Å²) in [5.41, 5.74) is 0.547. The molecule has 2 heterocycles. The van der Waals surface area contributed by atoms with Crippen LogP contribution in [-0.2, 0) is 9.59 Å². The summed E-state index contributed by atoms with van der Waals surface area (Å²) in [5, 5.41) is 8.79. The number of carbonyl (C=O) groups excluding carboxylic acids is 3. The molecule has 2 aromatic carbocycles. The monoisotopic (exact) mass is 554 g/mol. The number of carbonyl (C=O) groups is 3. The number of ether oxygens (including phenoxy) is 1. The standard InChI is InChI=1S/C27H31BrN4O4/c28-20-8-10-21(11-9-20)31-24(33)18-32-16-5-13-27(19-32)12-3-4-17-36-23-7-2-1-6-22(23)25(34)29-14-15-30-26(27)35/h1-4,6-11H,5,12-19H2,(H,29,34)(H,30,35)(H,31,33)/b4-3-. The van der Waals surface area contributed by atoms with Crippen molar-refractivity contribution in [3.05, 3.63) is 70.7 Å². The number of benzene rings is 2. The lowest BCUT2D eigenvalue weighted by Gasteiger charge is -2.41. The van der Waals surface area contributed by atoms with Gasteiger partial charge in [-0.05, 0) is 62.2 Å². The molecule has 2 aliphatic rings. The summed E-state index contributed by atoms with van der Waals surface area (Å²) in [6.45, 7) is 2.37. The molecule has 190 valence electrons. The van der Waals surface area contributed by atoms with Gasteiger partial charge in [-0.2, -0.15) is 0 Å². The van der Waals surface area contributed by atoms with Crippen molar-refractivity contribution in [3.63, 3.8) is 0 Å². The molecule has 1 fully saturated rings. The van der Waals surface area contributed by atoms with Gasteiger partial charge in [0, 0.05) is 29.8 Å².